The van der Waals surface area contributed by atoms with E-state index in [1.165, 1.54) is 6.92 Å². The average Bonchev–Trinajstić information content (AvgIpc) is 2.30. The third-order valence-corrected chi connectivity index (χ3v) is 4.15. The number of sulfone groups is 1. The highest BCUT2D eigenvalue weighted by molar-refractivity contribution is 7.91. The van der Waals surface area contributed by atoms with E-state index in [2.05, 4.69) is 0 Å². The number of hydrogen-bond acceptors (Lipinski definition) is 3. The van der Waals surface area contributed by atoms with Crippen LogP contribution in [0, 0.1) is 5.92 Å². The Labute approximate surface area is 76.2 Å². The molecule has 1 aliphatic heterocycles. The summed E-state index contributed by atoms with van der Waals surface area (Å²) in [6.45, 7) is 1.20. The van der Waals surface area contributed by atoms with Gasteiger partial charge in [-0.15, -0.1) is 0 Å². The van der Waals surface area contributed by atoms with Crippen LogP contribution in [0.25, 0.3) is 0 Å². The molecule has 0 radical (unpaired) electrons. The van der Waals surface area contributed by atoms with E-state index in [9.17, 15) is 17.2 Å². The topological polar surface area (TPSA) is 60.2 Å². The quantitative estimate of drug-likeness (QED) is 0.722. The molecule has 78 valence electrons. The first-order valence-electron chi connectivity index (χ1n) is 4.09. The van der Waals surface area contributed by atoms with E-state index in [1.54, 1.807) is 0 Å². The summed E-state index contributed by atoms with van der Waals surface area (Å²) in [6.07, 6.45) is 0.0247. The van der Waals surface area contributed by atoms with Crippen LogP contribution in [0.2, 0.25) is 0 Å². The monoisotopic (exact) mass is 213 g/mol. The van der Waals surface area contributed by atoms with Gasteiger partial charge in [0.15, 0.2) is 9.84 Å². The van der Waals surface area contributed by atoms with E-state index < -0.39 is 33.5 Å². The van der Waals surface area contributed by atoms with Gasteiger partial charge in [-0.3, -0.25) is 0 Å². The zero-order chi connectivity index (χ0) is 10.3. The van der Waals surface area contributed by atoms with E-state index in [-0.39, 0.29) is 12.2 Å². The lowest BCUT2D eigenvalue weighted by Crippen LogP contribution is -2.44. The molecule has 0 aromatic heterocycles. The Hall–Kier alpha value is -0.230. The lowest BCUT2D eigenvalue weighted by Gasteiger charge is -2.25. The highest BCUT2D eigenvalue weighted by atomic mass is 32.2. The summed E-state index contributed by atoms with van der Waals surface area (Å²) in [5.41, 5.74) is 5.09. The van der Waals surface area contributed by atoms with Crippen molar-refractivity contribution in [1.82, 2.24) is 0 Å². The second-order valence-electron chi connectivity index (χ2n) is 3.56. The van der Waals surface area contributed by atoms with Gasteiger partial charge in [0, 0.05) is 5.92 Å². The predicted molar refractivity (Wildman–Crippen MR) is 45.4 cm³/mol. The van der Waals surface area contributed by atoms with Crippen molar-refractivity contribution in [3.8, 4) is 0 Å². The third kappa shape index (κ3) is 2.17. The van der Waals surface area contributed by atoms with Crippen LogP contribution in [0.1, 0.15) is 13.3 Å². The van der Waals surface area contributed by atoms with Gasteiger partial charge in [-0.05, 0) is 13.3 Å². The molecular weight excluding hydrogens is 200 g/mol. The molecular formula is C7H13F2NO2S. The van der Waals surface area contributed by atoms with E-state index in [0.717, 1.165) is 0 Å². The number of alkyl halides is 2. The lowest BCUT2D eigenvalue weighted by atomic mass is 9.96. The summed E-state index contributed by atoms with van der Waals surface area (Å²) >= 11 is 0. The van der Waals surface area contributed by atoms with Crippen LogP contribution in [0.5, 0.6) is 0 Å². The Morgan fingerprint density at radius 3 is 2.38 bits per heavy atom. The zero-order valence-electron chi connectivity index (χ0n) is 7.33. The summed E-state index contributed by atoms with van der Waals surface area (Å²) in [5.74, 6) is -4.73. The molecule has 1 fully saturated rings. The minimum atomic E-state index is -3.25. The fraction of sp³-hybridized carbons (Fsp3) is 1.00. The zero-order valence-corrected chi connectivity index (χ0v) is 8.15. The predicted octanol–water partition coefficient (Wildman–Crippen LogP) is 0.404. The molecule has 1 saturated heterocycles. The van der Waals surface area contributed by atoms with Gasteiger partial charge in [0.05, 0.1) is 17.5 Å². The lowest BCUT2D eigenvalue weighted by molar-refractivity contribution is -0.0663. The molecule has 0 aromatic carbocycles. The molecule has 2 atom stereocenters. The molecule has 0 aromatic rings. The standard InChI is InChI=1S/C7H13F2NO2S/c1-5(10)7(8,9)6-2-3-13(11,12)4-6/h5-6H,2-4,10H2,1H3. The third-order valence-electron chi connectivity index (χ3n) is 2.38. The first kappa shape index (κ1) is 10.8. The number of nitrogens with two attached hydrogens (primary N) is 1. The van der Waals surface area contributed by atoms with Crippen molar-refractivity contribution in [3.05, 3.63) is 0 Å². The second-order valence-corrected chi connectivity index (χ2v) is 5.79. The normalized spacial score (nSPS) is 30.3. The van der Waals surface area contributed by atoms with Gasteiger partial charge in [0.1, 0.15) is 0 Å². The molecule has 0 amide bonds. The van der Waals surface area contributed by atoms with Crippen LogP contribution in [0.3, 0.4) is 0 Å². The van der Waals surface area contributed by atoms with E-state index in [1.807, 2.05) is 0 Å². The summed E-state index contributed by atoms with van der Waals surface area (Å²) in [5, 5.41) is 0. The van der Waals surface area contributed by atoms with Crippen molar-refractivity contribution in [2.75, 3.05) is 11.5 Å². The Morgan fingerprint density at radius 1 is 1.54 bits per heavy atom. The van der Waals surface area contributed by atoms with Gasteiger partial charge in [0.2, 0.25) is 0 Å². The van der Waals surface area contributed by atoms with Crippen molar-refractivity contribution in [3.63, 3.8) is 0 Å². The first-order valence-corrected chi connectivity index (χ1v) is 5.91. The Balaban J connectivity index is 2.76. The summed E-state index contributed by atoms with van der Waals surface area (Å²) < 4.78 is 48.3. The van der Waals surface area contributed by atoms with Gasteiger partial charge in [0.25, 0.3) is 5.92 Å². The Morgan fingerprint density at radius 2 is 2.08 bits per heavy atom. The molecule has 6 heteroatoms. The van der Waals surface area contributed by atoms with E-state index >= 15 is 0 Å². The summed E-state index contributed by atoms with van der Waals surface area (Å²) in [7, 11) is -3.25. The molecule has 3 nitrogen and oxygen atoms in total. The van der Waals surface area contributed by atoms with Gasteiger partial charge in [-0.1, -0.05) is 0 Å². The van der Waals surface area contributed by atoms with Gasteiger partial charge >= 0.3 is 0 Å². The molecule has 0 spiro atoms. The summed E-state index contributed by atoms with van der Waals surface area (Å²) in [4.78, 5) is 0. The van der Waals surface area contributed by atoms with Crippen LogP contribution >= 0.6 is 0 Å². The second kappa shape index (κ2) is 3.16. The van der Waals surface area contributed by atoms with Crippen LogP contribution in [-0.4, -0.2) is 31.9 Å². The van der Waals surface area contributed by atoms with Crippen molar-refractivity contribution in [2.45, 2.75) is 25.3 Å². The SMILES string of the molecule is CC(N)C(F)(F)C1CCS(=O)(=O)C1. The van der Waals surface area contributed by atoms with Crippen LogP contribution < -0.4 is 5.73 Å². The molecule has 0 bridgehead atoms. The molecule has 2 N–H and O–H groups in total. The van der Waals surface area contributed by atoms with Crippen LogP contribution in [0.15, 0.2) is 0 Å². The number of halogens is 2. The van der Waals surface area contributed by atoms with Crippen LogP contribution in [-0.2, 0) is 9.84 Å². The smallest absolute Gasteiger partial charge is 0.266 e. The largest absolute Gasteiger partial charge is 0.323 e. The average molecular weight is 213 g/mol. The van der Waals surface area contributed by atoms with Gasteiger partial charge in [-0.25, -0.2) is 17.2 Å². The van der Waals surface area contributed by atoms with Gasteiger partial charge < -0.3 is 5.73 Å². The van der Waals surface area contributed by atoms with Crippen molar-refractivity contribution < 1.29 is 17.2 Å². The fourth-order valence-electron chi connectivity index (χ4n) is 1.47. The molecule has 1 heterocycles. The molecule has 1 rings (SSSR count). The maximum absolute atomic E-state index is 13.2. The minimum Gasteiger partial charge on any atom is -0.323 e. The first-order chi connectivity index (χ1) is 5.76. The highest BCUT2D eigenvalue weighted by Crippen LogP contribution is 2.35. The van der Waals surface area contributed by atoms with E-state index in [4.69, 9.17) is 5.73 Å². The summed E-state index contributed by atoms with van der Waals surface area (Å²) in [6, 6.07) is -1.29. The molecule has 2 unspecified atom stereocenters. The molecule has 0 aliphatic carbocycles. The highest BCUT2D eigenvalue weighted by Gasteiger charge is 2.48. The van der Waals surface area contributed by atoms with Crippen LogP contribution in [0.4, 0.5) is 8.78 Å². The molecule has 1 aliphatic rings. The Bertz CT molecular complexity index is 287. The maximum Gasteiger partial charge on any atom is 0.266 e. The Kier molecular flexibility index (Phi) is 2.64. The minimum absolute atomic E-state index is 0.0247. The van der Waals surface area contributed by atoms with Gasteiger partial charge in [-0.2, -0.15) is 0 Å². The fourth-order valence-corrected chi connectivity index (χ4v) is 3.28. The van der Waals surface area contributed by atoms with Crippen molar-refractivity contribution in [1.29, 1.82) is 0 Å². The van der Waals surface area contributed by atoms with E-state index in [0.29, 0.717) is 0 Å². The van der Waals surface area contributed by atoms with Crippen molar-refractivity contribution in [2.24, 2.45) is 11.7 Å². The number of hydrogen-bond donors (Lipinski definition) is 1. The molecule has 0 saturated carbocycles. The molecule has 13 heavy (non-hydrogen) atoms. The maximum atomic E-state index is 13.2. The van der Waals surface area contributed by atoms with Crippen molar-refractivity contribution >= 4 is 9.84 Å². The number of rotatable bonds is 2.